The molecular formula is C30H25F2N5O3S. The van der Waals surface area contributed by atoms with Crippen LogP contribution in [0.15, 0.2) is 79.0 Å². The zero-order valence-electron chi connectivity index (χ0n) is 22.2. The Kier molecular flexibility index (Phi) is 8.27. The lowest BCUT2D eigenvalue weighted by atomic mass is 10.2. The third-order valence-electron chi connectivity index (χ3n) is 6.13. The van der Waals surface area contributed by atoms with E-state index in [-0.39, 0.29) is 11.4 Å². The molecule has 2 aromatic carbocycles. The number of hydrogen-bond acceptors (Lipinski definition) is 7. The molecule has 0 unspecified atom stereocenters. The lowest BCUT2D eigenvalue weighted by Gasteiger charge is -2.17. The van der Waals surface area contributed by atoms with E-state index in [0.717, 1.165) is 27.0 Å². The molecule has 208 valence electrons. The molecule has 0 aliphatic heterocycles. The van der Waals surface area contributed by atoms with Gasteiger partial charge < -0.3 is 20.3 Å². The first-order valence-electron chi connectivity index (χ1n) is 12.6. The number of thiophene rings is 1. The van der Waals surface area contributed by atoms with Crippen molar-refractivity contribution in [2.24, 2.45) is 0 Å². The predicted molar refractivity (Wildman–Crippen MR) is 155 cm³/mol. The van der Waals surface area contributed by atoms with Crippen LogP contribution in [0.2, 0.25) is 0 Å². The van der Waals surface area contributed by atoms with Crippen molar-refractivity contribution in [2.45, 2.75) is 13.0 Å². The molecule has 5 aromatic rings. The van der Waals surface area contributed by atoms with Gasteiger partial charge in [-0.25, -0.2) is 8.78 Å². The Morgan fingerprint density at radius 1 is 1.00 bits per heavy atom. The van der Waals surface area contributed by atoms with Crippen LogP contribution in [0.1, 0.15) is 12.1 Å². The number of hydrogen-bond donors (Lipinski definition) is 2. The maximum absolute atomic E-state index is 15.0. The molecule has 11 heteroatoms. The number of nitrogens with one attached hydrogen (secondary N) is 2. The summed E-state index contributed by atoms with van der Waals surface area (Å²) in [4.78, 5) is 36.2. The van der Waals surface area contributed by atoms with Gasteiger partial charge in [0.25, 0.3) is 0 Å². The van der Waals surface area contributed by atoms with Gasteiger partial charge in [-0.1, -0.05) is 6.07 Å². The highest BCUT2D eigenvalue weighted by atomic mass is 32.1. The van der Waals surface area contributed by atoms with Crippen LogP contribution in [0.4, 0.5) is 20.2 Å². The van der Waals surface area contributed by atoms with Crippen LogP contribution in [0.25, 0.3) is 20.8 Å². The van der Waals surface area contributed by atoms with Gasteiger partial charge in [0.05, 0.1) is 26.5 Å². The first kappa shape index (κ1) is 27.8. The molecule has 3 heterocycles. The first-order valence-corrected chi connectivity index (χ1v) is 13.4. The van der Waals surface area contributed by atoms with Crippen LogP contribution in [0.5, 0.6) is 11.5 Å². The fraction of sp³-hybridized carbons (Fsp3) is 0.133. The summed E-state index contributed by atoms with van der Waals surface area (Å²) < 4.78 is 34.8. The molecule has 0 radical (unpaired) electrons. The van der Waals surface area contributed by atoms with Crippen LogP contribution < -0.4 is 20.3 Å². The third-order valence-corrected chi connectivity index (χ3v) is 7.29. The van der Waals surface area contributed by atoms with Gasteiger partial charge in [-0.2, -0.15) is 0 Å². The molecule has 0 fully saturated rings. The summed E-state index contributed by atoms with van der Waals surface area (Å²) in [6.07, 6.45) is 1.11. The van der Waals surface area contributed by atoms with E-state index in [1.165, 1.54) is 59.7 Å². The lowest BCUT2D eigenvalue weighted by Crippen LogP contribution is -2.30. The maximum Gasteiger partial charge on any atom is 0.236 e. The average Bonchev–Trinajstić information content (AvgIpc) is 3.40. The minimum atomic E-state index is -0.694. The summed E-state index contributed by atoms with van der Waals surface area (Å²) in [7, 11) is 3.34. The molecule has 0 bridgehead atoms. The smallest absolute Gasteiger partial charge is 0.236 e. The fourth-order valence-electron chi connectivity index (χ4n) is 4.07. The van der Waals surface area contributed by atoms with Gasteiger partial charge in [0.1, 0.15) is 18.0 Å². The second-order valence-corrected chi connectivity index (χ2v) is 10.1. The number of nitrogens with zero attached hydrogens (tertiary/aromatic N) is 3. The van der Waals surface area contributed by atoms with E-state index >= 15 is 4.39 Å². The largest absolute Gasteiger partial charge is 0.453 e. The van der Waals surface area contributed by atoms with E-state index in [1.54, 1.807) is 12.3 Å². The number of benzene rings is 2. The zero-order valence-corrected chi connectivity index (χ0v) is 23.0. The topological polar surface area (TPSA) is 96.5 Å². The van der Waals surface area contributed by atoms with Gasteiger partial charge >= 0.3 is 0 Å². The molecule has 0 saturated carbocycles. The van der Waals surface area contributed by atoms with Crippen LogP contribution in [-0.4, -0.2) is 35.9 Å². The molecule has 3 aromatic heterocycles. The quantitative estimate of drug-likeness (QED) is 0.206. The van der Waals surface area contributed by atoms with Crippen molar-refractivity contribution >= 4 is 44.7 Å². The number of halogens is 2. The van der Waals surface area contributed by atoms with Gasteiger partial charge in [0.2, 0.25) is 11.8 Å². The number of anilines is 2. The van der Waals surface area contributed by atoms with Crippen LogP contribution >= 0.6 is 11.3 Å². The van der Waals surface area contributed by atoms with E-state index in [9.17, 15) is 14.0 Å². The van der Waals surface area contributed by atoms with Crippen molar-refractivity contribution in [3.63, 3.8) is 0 Å². The fourth-order valence-corrected chi connectivity index (χ4v) is 5.10. The van der Waals surface area contributed by atoms with Crippen LogP contribution in [0.3, 0.4) is 0 Å². The number of pyridine rings is 2. The van der Waals surface area contributed by atoms with Crippen molar-refractivity contribution in [1.29, 1.82) is 0 Å². The lowest BCUT2D eigenvalue weighted by molar-refractivity contribution is -0.125. The van der Waals surface area contributed by atoms with Gasteiger partial charge in [-0.3, -0.25) is 19.6 Å². The number of carbonyl (C=O) groups is 2. The molecule has 0 aliphatic carbocycles. The van der Waals surface area contributed by atoms with Crippen LogP contribution in [0, 0.1) is 11.6 Å². The standard InChI is InChI=1S/C30H25F2N5O3S/c1-33-17-20-4-3-5-23(35-20)27-15-24-30(41-27)26(12-13-34-24)40-25-11-8-19(14-22(25)32)36-28(38)16-29(39)37(2)21-9-6-18(31)7-10-21/h3-15,33H,16-17H2,1-2H3,(H,36,38). The van der Waals surface area contributed by atoms with Gasteiger partial charge in [-0.15, -0.1) is 11.3 Å². The molecule has 0 saturated heterocycles. The van der Waals surface area contributed by atoms with Gasteiger partial charge in [-0.05, 0) is 61.6 Å². The summed E-state index contributed by atoms with van der Waals surface area (Å²) in [5, 5.41) is 5.61. The van der Waals surface area contributed by atoms with Crippen molar-refractivity contribution in [3.05, 3.63) is 96.3 Å². The second kappa shape index (κ2) is 12.2. The predicted octanol–water partition coefficient (Wildman–Crippen LogP) is 6.14. The minimum absolute atomic E-state index is 0.0355. The summed E-state index contributed by atoms with van der Waals surface area (Å²) in [6.45, 7) is 0.643. The summed E-state index contributed by atoms with van der Waals surface area (Å²) in [6, 6.07) is 18.7. The number of rotatable bonds is 9. The second-order valence-electron chi connectivity index (χ2n) is 9.08. The van der Waals surface area contributed by atoms with Crippen LogP contribution in [-0.2, 0) is 16.1 Å². The Morgan fingerprint density at radius 3 is 2.56 bits per heavy atom. The summed E-state index contributed by atoms with van der Waals surface area (Å²) >= 11 is 1.44. The number of fused-ring (bicyclic) bond motifs is 1. The highest BCUT2D eigenvalue weighted by Gasteiger charge is 2.17. The van der Waals surface area contributed by atoms with Gasteiger partial charge in [0, 0.05) is 43.3 Å². The highest BCUT2D eigenvalue weighted by molar-refractivity contribution is 7.22. The Labute approximate surface area is 238 Å². The number of aromatic nitrogens is 2. The summed E-state index contributed by atoms with van der Waals surface area (Å²) in [5.41, 5.74) is 3.02. The van der Waals surface area contributed by atoms with E-state index in [0.29, 0.717) is 23.5 Å². The Hall–Kier alpha value is -4.74. The van der Waals surface area contributed by atoms with Crippen molar-refractivity contribution in [2.75, 3.05) is 24.3 Å². The van der Waals surface area contributed by atoms with E-state index in [1.807, 2.05) is 31.3 Å². The number of ether oxygens (including phenoxy) is 1. The zero-order chi connectivity index (χ0) is 28.9. The molecular weight excluding hydrogens is 548 g/mol. The molecule has 0 atom stereocenters. The third kappa shape index (κ3) is 6.53. The SMILES string of the molecule is CNCc1cccc(-c2cc3nccc(Oc4ccc(NC(=O)CC(=O)N(C)c5ccc(F)cc5)cc4F)c3s2)n1. The highest BCUT2D eigenvalue weighted by Crippen LogP contribution is 2.39. The van der Waals surface area contributed by atoms with E-state index in [2.05, 4.69) is 20.6 Å². The maximum atomic E-state index is 15.0. The first-order chi connectivity index (χ1) is 19.8. The molecule has 0 spiro atoms. The Balaban J connectivity index is 1.27. The molecule has 41 heavy (non-hydrogen) atoms. The average molecular weight is 574 g/mol. The van der Waals surface area contributed by atoms with Crippen molar-refractivity contribution in [3.8, 4) is 22.1 Å². The molecule has 5 rings (SSSR count). The molecule has 2 N–H and O–H groups in total. The molecule has 0 aliphatic rings. The van der Waals surface area contributed by atoms with Crippen molar-refractivity contribution < 1.29 is 23.1 Å². The van der Waals surface area contributed by atoms with E-state index < -0.39 is 29.9 Å². The monoisotopic (exact) mass is 573 g/mol. The molecule has 2 amide bonds. The van der Waals surface area contributed by atoms with Crippen molar-refractivity contribution in [1.82, 2.24) is 15.3 Å². The number of carbonyl (C=O) groups excluding carboxylic acids is 2. The Morgan fingerprint density at radius 2 is 1.80 bits per heavy atom. The van der Waals surface area contributed by atoms with E-state index in [4.69, 9.17) is 4.74 Å². The molecule has 8 nitrogen and oxygen atoms in total. The minimum Gasteiger partial charge on any atom is -0.453 e. The number of amides is 2. The summed E-state index contributed by atoms with van der Waals surface area (Å²) in [5.74, 6) is -1.85. The Bertz CT molecular complexity index is 1730. The normalized spacial score (nSPS) is 10.9. The van der Waals surface area contributed by atoms with Gasteiger partial charge in [0.15, 0.2) is 11.6 Å².